The molecule has 0 saturated carbocycles. The fourth-order valence-corrected chi connectivity index (χ4v) is 4.28. The fourth-order valence-electron chi connectivity index (χ4n) is 2.53. The number of aryl methyl sites for hydroxylation is 1. The SMILES string of the molecule is Cc1nc(CN(C)C(=O)c2ccccc2SC2CC(=O)NC2=O)cs1. The summed E-state index contributed by atoms with van der Waals surface area (Å²) >= 11 is 2.80. The summed E-state index contributed by atoms with van der Waals surface area (Å²) in [5, 5.41) is 4.70. The lowest BCUT2D eigenvalue weighted by Crippen LogP contribution is -2.27. The lowest BCUT2D eigenvalue weighted by Gasteiger charge is -2.18. The molecule has 2 aromatic rings. The Morgan fingerprint density at radius 1 is 1.40 bits per heavy atom. The Morgan fingerprint density at radius 3 is 2.80 bits per heavy atom. The van der Waals surface area contributed by atoms with Crippen LogP contribution in [0.2, 0.25) is 0 Å². The molecule has 8 heteroatoms. The van der Waals surface area contributed by atoms with Gasteiger partial charge in [-0.15, -0.1) is 23.1 Å². The summed E-state index contributed by atoms with van der Waals surface area (Å²) in [6.45, 7) is 2.35. The van der Waals surface area contributed by atoms with Crippen LogP contribution in [0.4, 0.5) is 0 Å². The summed E-state index contributed by atoms with van der Waals surface area (Å²) in [5.74, 6) is -0.718. The Morgan fingerprint density at radius 2 is 2.16 bits per heavy atom. The number of thiazole rings is 1. The number of hydrogen-bond acceptors (Lipinski definition) is 6. The average molecular weight is 375 g/mol. The topological polar surface area (TPSA) is 79.4 Å². The number of rotatable bonds is 5. The van der Waals surface area contributed by atoms with E-state index in [2.05, 4.69) is 10.3 Å². The van der Waals surface area contributed by atoms with Crippen LogP contribution in [-0.2, 0) is 16.1 Å². The van der Waals surface area contributed by atoms with Gasteiger partial charge in [0.05, 0.1) is 28.1 Å². The van der Waals surface area contributed by atoms with Crippen LogP contribution in [-0.4, -0.2) is 39.9 Å². The number of amides is 3. The molecule has 1 aliphatic heterocycles. The van der Waals surface area contributed by atoms with Gasteiger partial charge in [0, 0.05) is 23.7 Å². The van der Waals surface area contributed by atoms with Gasteiger partial charge in [0.2, 0.25) is 11.8 Å². The van der Waals surface area contributed by atoms with Crippen LogP contribution in [0.15, 0.2) is 34.5 Å². The molecule has 130 valence electrons. The van der Waals surface area contributed by atoms with Gasteiger partial charge in [-0.1, -0.05) is 12.1 Å². The second-order valence-electron chi connectivity index (χ2n) is 5.74. The number of benzene rings is 1. The molecule has 1 N–H and O–H groups in total. The third-order valence-electron chi connectivity index (χ3n) is 3.72. The van der Waals surface area contributed by atoms with Crippen molar-refractivity contribution in [2.75, 3.05) is 7.05 Å². The lowest BCUT2D eigenvalue weighted by atomic mass is 10.2. The van der Waals surface area contributed by atoms with E-state index in [0.717, 1.165) is 10.7 Å². The standard InChI is InChI=1S/C17H17N3O3S2/c1-10-18-11(9-24-10)8-20(2)17(23)12-5-3-4-6-13(12)25-14-7-15(21)19-16(14)22/h3-6,9,14H,7-8H2,1-2H3,(H,19,21,22). The van der Waals surface area contributed by atoms with Crippen LogP contribution in [0, 0.1) is 6.92 Å². The van der Waals surface area contributed by atoms with Crippen LogP contribution < -0.4 is 5.32 Å². The van der Waals surface area contributed by atoms with Crippen molar-refractivity contribution in [2.24, 2.45) is 0 Å². The first-order chi connectivity index (χ1) is 11.9. The summed E-state index contributed by atoms with van der Waals surface area (Å²) in [6, 6.07) is 7.15. The third kappa shape index (κ3) is 4.08. The van der Waals surface area contributed by atoms with Gasteiger partial charge in [0.15, 0.2) is 0 Å². The molecule has 1 unspecified atom stereocenters. The molecule has 25 heavy (non-hydrogen) atoms. The number of aromatic nitrogens is 1. The highest BCUT2D eigenvalue weighted by Gasteiger charge is 2.32. The number of imide groups is 1. The van der Waals surface area contributed by atoms with Crippen molar-refractivity contribution in [3.05, 3.63) is 45.9 Å². The molecule has 0 radical (unpaired) electrons. The maximum Gasteiger partial charge on any atom is 0.255 e. The molecule has 1 saturated heterocycles. The molecule has 1 atom stereocenters. The zero-order valence-electron chi connectivity index (χ0n) is 13.8. The van der Waals surface area contributed by atoms with E-state index >= 15 is 0 Å². The van der Waals surface area contributed by atoms with E-state index in [1.54, 1.807) is 41.5 Å². The summed E-state index contributed by atoms with van der Waals surface area (Å²) in [6.07, 6.45) is 0.139. The highest BCUT2D eigenvalue weighted by atomic mass is 32.2. The molecule has 1 aromatic carbocycles. The number of carbonyl (C=O) groups is 3. The van der Waals surface area contributed by atoms with Gasteiger partial charge >= 0.3 is 0 Å². The van der Waals surface area contributed by atoms with Crippen LogP contribution >= 0.6 is 23.1 Å². The zero-order valence-corrected chi connectivity index (χ0v) is 15.4. The highest BCUT2D eigenvalue weighted by molar-refractivity contribution is 8.00. The predicted molar refractivity (Wildman–Crippen MR) is 96.5 cm³/mol. The monoisotopic (exact) mass is 375 g/mol. The van der Waals surface area contributed by atoms with E-state index in [1.807, 2.05) is 18.4 Å². The molecular weight excluding hydrogens is 358 g/mol. The quantitative estimate of drug-likeness (QED) is 0.811. The highest BCUT2D eigenvalue weighted by Crippen LogP contribution is 2.31. The van der Waals surface area contributed by atoms with Crippen LogP contribution in [0.5, 0.6) is 0 Å². The van der Waals surface area contributed by atoms with Gasteiger partial charge < -0.3 is 4.90 Å². The minimum absolute atomic E-state index is 0.139. The van der Waals surface area contributed by atoms with Crippen LogP contribution in [0.25, 0.3) is 0 Å². The van der Waals surface area contributed by atoms with E-state index in [0.29, 0.717) is 17.0 Å². The van der Waals surface area contributed by atoms with Crippen molar-refractivity contribution in [1.82, 2.24) is 15.2 Å². The summed E-state index contributed by atoms with van der Waals surface area (Å²) < 4.78 is 0. The molecular formula is C17H17N3O3S2. The molecule has 2 heterocycles. The molecule has 3 amide bonds. The van der Waals surface area contributed by atoms with Crippen molar-refractivity contribution in [3.8, 4) is 0 Å². The van der Waals surface area contributed by atoms with E-state index in [1.165, 1.54) is 11.8 Å². The Hall–Kier alpha value is -2.19. The normalized spacial score (nSPS) is 16.8. The number of carbonyl (C=O) groups excluding carboxylic acids is 3. The third-order valence-corrected chi connectivity index (χ3v) is 5.82. The van der Waals surface area contributed by atoms with Gasteiger partial charge in [-0.2, -0.15) is 0 Å². The molecule has 6 nitrogen and oxygen atoms in total. The zero-order chi connectivity index (χ0) is 18.0. The Balaban J connectivity index is 1.76. The second kappa shape index (κ2) is 7.37. The molecule has 1 fully saturated rings. The Kier molecular flexibility index (Phi) is 5.19. The van der Waals surface area contributed by atoms with Crippen molar-refractivity contribution in [1.29, 1.82) is 0 Å². The Bertz CT molecular complexity index is 834. The van der Waals surface area contributed by atoms with E-state index in [9.17, 15) is 14.4 Å². The molecule has 3 rings (SSSR count). The summed E-state index contributed by atoms with van der Waals surface area (Å²) in [4.78, 5) is 42.7. The van der Waals surface area contributed by atoms with Crippen molar-refractivity contribution < 1.29 is 14.4 Å². The molecule has 0 aliphatic carbocycles. The molecule has 1 aromatic heterocycles. The first kappa shape index (κ1) is 17.6. The Labute approximate surface area is 153 Å². The molecule has 1 aliphatic rings. The average Bonchev–Trinajstić information content (AvgIpc) is 3.12. The smallest absolute Gasteiger partial charge is 0.255 e. The fraction of sp³-hybridized carbons (Fsp3) is 0.294. The second-order valence-corrected chi connectivity index (χ2v) is 8.05. The molecule has 0 bridgehead atoms. The molecule has 0 spiro atoms. The van der Waals surface area contributed by atoms with Crippen LogP contribution in [0.1, 0.15) is 27.5 Å². The van der Waals surface area contributed by atoms with Gasteiger partial charge in [-0.25, -0.2) is 4.98 Å². The lowest BCUT2D eigenvalue weighted by molar-refractivity contribution is -0.124. The summed E-state index contributed by atoms with van der Waals surface area (Å²) in [5.41, 5.74) is 1.37. The van der Waals surface area contributed by atoms with Gasteiger partial charge in [-0.05, 0) is 19.1 Å². The maximum absolute atomic E-state index is 12.8. The van der Waals surface area contributed by atoms with E-state index in [4.69, 9.17) is 0 Å². The number of nitrogens with one attached hydrogen (secondary N) is 1. The maximum atomic E-state index is 12.8. The summed E-state index contributed by atoms with van der Waals surface area (Å²) in [7, 11) is 1.73. The number of nitrogens with zero attached hydrogens (tertiary/aromatic N) is 2. The predicted octanol–water partition coefficient (Wildman–Crippen LogP) is 2.23. The van der Waals surface area contributed by atoms with E-state index in [-0.39, 0.29) is 24.1 Å². The first-order valence-electron chi connectivity index (χ1n) is 7.70. The minimum atomic E-state index is -0.493. The van der Waals surface area contributed by atoms with E-state index < -0.39 is 5.25 Å². The van der Waals surface area contributed by atoms with Gasteiger partial charge in [-0.3, -0.25) is 19.7 Å². The first-order valence-corrected chi connectivity index (χ1v) is 9.46. The van der Waals surface area contributed by atoms with Gasteiger partial charge in [0.1, 0.15) is 0 Å². The minimum Gasteiger partial charge on any atom is -0.336 e. The van der Waals surface area contributed by atoms with Crippen molar-refractivity contribution >= 4 is 40.8 Å². The van der Waals surface area contributed by atoms with Gasteiger partial charge in [0.25, 0.3) is 5.91 Å². The number of hydrogen-bond donors (Lipinski definition) is 1. The van der Waals surface area contributed by atoms with Crippen molar-refractivity contribution in [3.63, 3.8) is 0 Å². The largest absolute Gasteiger partial charge is 0.336 e. The van der Waals surface area contributed by atoms with Crippen LogP contribution in [0.3, 0.4) is 0 Å². The number of thioether (sulfide) groups is 1. The van der Waals surface area contributed by atoms with Crippen molar-refractivity contribution in [2.45, 2.75) is 30.0 Å².